The number of carbonyl (C=O) groups is 2. The van der Waals surface area contributed by atoms with Crippen LogP contribution < -0.4 is 5.73 Å². The SMILES string of the molecule is Cn1cnc(C(N)=O)c1.O=C(O)C(F)(F)F. The highest BCUT2D eigenvalue weighted by molar-refractivity contribution is 5.90. The largest absolute Gasteiger partial charge is 0.490 e. The van der Waals surface area contributed by atoms with Crippen molar-refractivity contribution >= 4 is 11.9 Å². The molecule has 6 nitrogen and oxygen atoms in total. The van der Waals surface area contributed by atoms with E-state index in [1.807, 2.05) is 0 Å². The van der Waals surface area contributed by atoms with Crippen LogP contribution in [-0.4, -0.2) is 32.7 Å². The Morgan fingerprint density at radius 2 is 1.94 bits per heavy atom. The summed E-state index contributed by atoms with van der Waals surface area (Å²) < 4.78 is 33.4. The molecule has 0 spiro atoms. The Morgan fingerprint density at radius 3 is 2.06 bits per heavy atom. The van der Waals surface area contributed by atoms with Crippen LogP contribution in [-0.2, 0) is 11.8 Å². The smallest absolute Gasteiger partial charge is 0.475 e. The lowest BCUT2D eigenvalue weighted by Crippen LogP contribution is -2.21. The molecule has 1 amide bonds. The normalized spacial score (nSPS) is 10.2. The van der Waals surface area contributed by atoms with Gasteiger partial charge in [-0.25, -0.2) is 9.78 Å². The van der Waals surface area contributed by atoms with Crippen LogP contribution in [0.2, 0.25) is 0 Å². The topological polar surface area (TPSA) is 98.2 Å². The number of nitrogens with zero attached hydrogens (tertiary/aromatic N) is 2. The number of carboxylic acids is 1. The molecule has 0 saturated carbocycles. The van der Waals surface area contributed by atoms with Crippen molar-refractivity contribution in [2.24, 2.45) is 12.8 Å². The standard InChI is InChI=1S/C5H7N3O.C2HF3O2/c1-8-2-4(5(6)9)7-3-8;3-2(4,5)1(6)7/h2-3H,1H3,(H2,6,9);(H,6,7). The number of rotatable bonds is 1. The summed E-state index contributed by atoms with van der Waals surface area (Å²) in [5.41, 5.74) is 5.22. The Hall–Kier alpha value is -2.06. The maximum absolute atomic E-state index is 10.6. The fourth-order valence-corrected chi connectivity index (χ4v) is 0.540. The molecule has 0 radical (unpaired) electrons. The Labute approximate surface area is 87.5 Å². The van der Waals surface area contributed by atoms with E-state index < -0.39 is 18.1 Å². The van der Waals surface area contributed by atoms with E-state index in [1.165, 1.54) is 6.33 Å². The fourth-order valence-electron chi connectivity index (χ4n) is 0.540. The second kappa shape index (κ2) is 5.14. The number of alkyl halides is 3. The number of imidazole rings is 1. The Morgan fingerprint density at radius 1 is 1.50 bits per heavy atom. The second-order valence-electron chi connectivity index (χ2n) is 2.59. The fraction of sp³-hybridized carbons (Fsp3) is 0.286. The predicted octanol–water partition coefficient (Wildman–Crippen LogP) is 0.152. The molecule has 16 heavy (non-hydrogen) atoms. The van der Waals surface area contributed by atoms with Crippen LogP contribution in [0.5, 0.6) is 0 Å². The van der Waals surface area contributed by atoms with Gasteiger partial charge >= 0.3 is 12.1 Å². The zero-order valence-corrected chi connectivity index (χ0v) is 8.02. The summed E-state index contributed by atoms with van der Waals surface area (Å²) in [6.45, 7) is 0. The van der Waals surface area contributed by atoms with E-state index in [4.69, 9.17) is 15.6 Å². The van der Waals surface area contributed by atoms with Gasteiger partial charge in [-0.15, -0.1) is 0 Å². The van der Waals surface area contributed by atoms with Crippen molar-refractivity contribution in [2.45, 2.75) is 6.18 Å². The highest BCUT2D eigenvalue weighted by Crippen LogP contribution is 2.13. The molecule has 1 aromatic rings. The number of amides is 1. The molecule has 3 N–H and O–H groups in total. The summed E-state index contributed by atoms with van der Waals surface area (Å²) >= 11 is 0. The van der Waals surface area contributed by atoms with Gasteiger partial charge in [-0.05, 0) is 0 Å². The average Bonchev–Trinajstić information content (AvgIpc) is 2.51. The maximum Gasteiger partial charge on any atom is 0.490 e. The third-order valence-corrected chi connectivity index (χ3v) is 1.20. The molecule has 0 aliphatic carbocycles. The van der Waals surface area contributed by atoms with Crippen LogP contribution in [0.25, 0.3) is 0 Å². The summed E-state index contributed by atoms with van der Waals surface area (Å²) in [6, 6.07) is 0. The lowest BCUT2D eigenvalue weighted by atomic mass is 10.5. The van der Waals surface area contributed by atoms with Gasteiger partial charge in [0.05, 0.1) is 6.33 Å². The third-order valence-electron chi connectivity index (χ3n) is 1.20. The molecule has 90 valence electrons. The van der Waals surface area contributed by atoms with Gasteiger partial charge < -0.3 is 15.4 Å². The van der Waals surface area contributed by atoms with Crippen molar-refractivity contribution < 1.29 is 27.9 Å². The van der Waals surface area contributed by atoms with E-state index in [9.17, 15) is 18.0 Å². The number of nitrogens with two attached hydrogens (primary N) is 1. The first-order valence-corrected chi connectivity index (χ1v) is 3.72. The first-order chi connectivity index (χ1) is 7.14. The summed E-state index contributed by atoms with van der Waals surface area (Å²) in [5, 5.41) is 7.12. The van der Waals surface area contributed by atoms with E-state index in [0.717, 1.165) is 0 Å². The minimum absolute atomic E-state index is 0.303. The summed E-state index contributed by atoms with van der Waals surface area (Å²) in [7, 11) is 1.78. The van der Waals surface area contributed by atoms with Crippen LogP contribution in [0.3, 0.4) is 0 Å². The van der Waals surface area contributed by atoms with Crippen molar-refractivity contribution in [1.82, 2.24) is 9.55 Å². The number of carboxylic acid groups (broad SMARTS) is 1. The quantitative estimate of drug-likeness (QED) is 0.728. The van der Waals surface area contributed by atoms with Gasteiger partial charge in [0.2, 0.25) is 0 Å². The van der Waals surface area contributed by atoms with E-state index in [1.54, 1.807) is 17.8 Å². The molecule has 0 unspecified atom stereocenters. The summed E-state index contributed by atoms with van der Waals surface area (Å²) in [4.78, 5) is 23.0. The van der Waals surface area contributed by atoms with Crippen LogP contribution in [0.15, 0.2) is 12.5 Å². The lowest BCUT2D eigenvalue weighted by Gasteiger charge is -1.93. The first-order valence-electron chi connectivity index (χ1n) is 3.72. The third kappa shape index (κ3) is 4.98. The van der Waals surface area contributed by atoms with Crippen molar-refractivity contribution in [3.05, 3.63) is 18.2 Å². The molecule has 0 saturated heterocycles. The molecule has 0 aromatic carbocycles. The number of halogens is 3. The minimum atomic E-state index is -5.08. The molecular formula is C7H8F3N3O3. The summed E-state index contributed by atoms with van der Waals surface area (Å²) in [5.74, 6) is -3.25. The van der Waals surface area contributed by atoms with Crippen LogP contribution in [0, 0.1) is 0 Å². The Kier molecular flexibility index (Phi) is 4.48. The molecule has 9 heteroatoms. The van der Waals surface area contributed by atoms with Crippen LogP contribution in [0.4, 0.5) is 13.2 Å². The molecule has 1 rings (SSSR count). The minimum Gasteiger partial charge on any atom is -0.475 e. The first kappa shape index (κ1) is 13.9. The Balaban J connectivity index is 0.000000293. The number of primary amides is 1. The van der Waals surface area contributed by atoms with Gasteiger partial charge in [0.25, 0.3) is 5.91 Å². The van der Waals surface area contributed by atoms with Gasteiger partial charge in [-0.2, -0.15) is 13.2 Å². The highest BCUT2D eigenvalue weighted by atomic mass is 19.4. The molecule has 0 aliphatic heterocycles. The zero-order valence-electron chi connectivity index (χ0n) is 8.02. The zero-order chi connectivity index (χ0) is 12.9. The molecule has 0 bridgehead atoms. The van der Waals surface area contributed by atoms with Gasteiger partial charge in [0.1, 0.15) is 5.69 Å². The average molecular weight is 239 g/mol. The van der Waals surface area contributed by atoms with E-state index in [0.29, 0.717) is 5.69 Å². The monoisotopic (exact) mass is 239 g/mol. The van der Waals surface area contributed by atoms with Gasteiger partial charge in [-0.3, -0.25) is 4.79 Å². The van der Waals surface area contributed by atoms with Crippen molar-refractivity contribution in [3.63, 3.8) is 0 Å². The second-order valence-corrected chi connectivity index (χ2v) is 2.59. The molecule has 0 atom stereocenters. The molecular weight excluding hydrogens is 231 g/mol. The number of hydrogen-bond donors (Lipinski definition) is 2. The van der Waals surface area contributed by atoms with E-state index in [-0.39, 0.29) is 0 Å². The van der Waals surface area contributed by atoms with Crippen LogP contribution in [0.1, 0.15) is 10.5 Å². The number of aliphatic carboxylic acids is 1. The summed E-state index contributed by atoms with van der Waals surface area (Å²) in [6.07, 6.45) is -1.98. The number of aromatic nitrogens is 2. The highest BCUT2D eigenvalue weighted by Gasteiger charge is 2.38. The number of aryl methyl sites for hydroxylation is 1. The molecule has 1 heterocycles. The lowest BCUT2D eigenvalue weighted by molar-refractivity contribution is -0.192. The Bertz CT molecular complexity index is 386. The maximum atomic E-state index is 10.6. The van der Waals surface area contributed by atoms with E-state index >= 15 is 0 Å². The van der Waals surface area contributed by atoms with Gasteiger partial charge in [-0.1, -0.05) is 0 Å². The number of hydrogen-bond acceptors (Lipinski definition) is 3. The van der Waals surface area contributed by atoms with Gasteiger partial charge in [0.15, 0.2) is 0 Å². The van der Waals surface area contributed by atoms with Crippen molar-refractivity contribution in [2.75, 3.05) is 0 Å². The molecule has 1 aromatic heterocycles. The predicted molar refractivity (Wildman–Crippen MR) is 45.4 cm³/mol. The number of carbonyl (C=O) groups excluding carboxylic acids is 1. The van der Waals surface area contributed by atoms with Crippen molar-refractivity contribution in [3.8, 4) is 0 Å². The van der Waals surface area contributed by atoms with Gasteiger partial charge in [0, 0.05) is 13.2 Å². The van der Waals surface area contributed by atoms with Crippen LogP contribution >= 0.6 is 0 Å². The molecule has 0 fully saturated rings. The molecule has 0 aliphatic rings. The van der Waals surface area contributed by atoms with Crippen molar-refractivity contribution in [1.29, 1.82) is 0 Å². The van der Waals surface area contributed by atoms with E-state index in [2.05, 4.69) is 4.98 Å².